The number of ether oxygens (including phenoxy) is 3. The van der Waals surface area contributed by atoms with Gasteiger partial charge in [0.2, 0.25) is 0 Å². The summed E-state index contributed by atoms with van der Waals surface area (Å²) in [6.45, 7) is 6.49. The van der Waals surface area contributed by atoms with Crippen LogP contribution in [0.2, 0.25) is 0 Å². The molecule has 0 aromatic carbocycles. The van der Waals surface area contributed by atoms with Gasteiger partial charge in [-0.25, -0.2) is 0 Å². The summed E-state index contributed by atoms with van der Waals surface area (Å²) in [4.78, 5) is 38.2. The molecular formula is C68H118O6. The Bertz CT molecular complexity index is 1420. The number of carbonyl (C=O) groups is 3. The highest BCUT2D eigenvalue weighted by Crippen LogP contribution is 2.16. The van der Waals surface area contributed by atoms with E-state index in [1.807, 2.05) is 0 Å². The van der Waals surface area contributed by atoms with Crippen molar-refractivity contribution in [2.24, 2.45) is 0 Å². The molecule has 74 heavy (non-hydrogen) atoms. The molecular weight excluding hydrogens is 913 g/mol. The van der Waals surface area contributed by atoms with Crippen LogP contribution in [-0.4, -0.2) is 37.2 Å². The molecule has 0 saturated heterocycles. The van der Waals surface area contributed by atoms with Gasteiger partial charge in [-0.2, -0.15) is 0 Å². The van der Waals surface area contributed by atoms with E-state index in [1.165, 1.54) is 180 Å². The maximum atomic E-state index is 12.9. The van der Waals surface area contributed by atoms with Crippen LogP contribution in [0.1, 0.15) is 310 Å². The summed E-state index contributed by atoms with van der Waals surface area (Å²) in [5, 5.41) is 0. The van der Waals surface area contributed by atoms with Crippen LogP contribution in [0, 0.1) is 0 Å². The molecule has 0 radical (unpaired) electrons. The normalized spacial score (nSPS) is 12.6. The number of esters is 3. The second kappa shape index (κ2) is 62.1. The van der Waals surface area contributed by atoms with Gasteiger partial charge in [-0.15, -0.1) is 0 Å². The molecule has 0 aliphatic rings. The lowest BCUT2D eigenvalue weighted by Gasteiger charge is -2.18. The van der Waals surface area contributed by atoms with Gasteiger partial charge in [-0.3, -0.25) is 14.4 Å². The molecule has 6 nitrogen and oxygen atoms in total. The molecule has 426 valence electrons. The quantitative estimate of drug-likeness (QED) is 0.0261. The molecule has 0 amide bonds. The van der Waals surface area contributed by atoms with Crippen LogP contribution < -0.4 is 0 Å². The topological polar surface area (TPSA) is 78.9 Å². The van der Waals surface area contributed by atoms with Gasteiger partial charge >= 0.3 is 17.9 Å². The minimum absolute atomic E-state index is 0.100. The number of unbranched alkanes of at least 4 members (excludes halogenated alkanes) is 32. The molecule has 0 aliphatic carbocycles. The van der Waals surface area contributed by atoms with Crippen molar-refractivity contribution in [3.8, 4) is 0 Å². The zero-order valence-electron chi connectivity index (χ0n) is 48.8. The monoisotopic (exact) mass is 1030 g/mol. The fourth-order valence-corrected chi connectivity index (χ4v) is 8.88. The molecule has 0 fully saturated rings. The van der Waals surface area contributed by atoms with Crippen molar-refractivity contribution < 1.29 is 28.6 Å². The average Bonchev–Trinajstić information content (AvgIpc) is 3.40. The molecule has 1 unspecified atom stereocenters. The largest absolute Gasteiger partial charge is 0.462 e. The van der Waals surface area contributed by atoms with E-state index in [9.17, 15) is 14.4 Å². The zero-order chi connectivity index (χ0) is 53.6. The summed E-state index contributed by atoms with van der Waals surface area (Å²) in [6.07, 6.45) is 81.7. The van der Waals surface area contributed by atoms with Crippen LogP contribution in [0.25, 0.3) is 0 Å². The summed E-state index contributed by atoms with van der Waals surface area (Å²) in [5.74, 6) is -0.959. The smallest absolute Gasteiger partial charge is 0.306 e. The molecule has 0 aromatic heterocycles. The highest BCUT2D eigenvalue weighted by molar-refractivity contribution is 5.71. The molecule has 0 rings (SSSR count). The maximum Gasteiger partial charge on any atom is 0.306 e. The Morgan fingerprint density at radius 3 is 0.878 bits per heavy atom. The predicted octanol–water partition coefficient (Wildman–Crippen LogP) is 21.5. The van der Waals surface area contributed by atoms with Crippen LogP contribution in [0.15, 0.2) is 85.1 Å². The third kappa shape index (κ3) is 59.5. The van der Waals surface area contributed by atoms with Crippen molar-refractivity contribution in [3.63, 3.8) is 0 Å². The maximum absolute atomic E-state index is 12.9. The minimum atomic E-state index is -0.810. The predicted molar refractivity (Wildman–Crippen MR) is 321 cm³/mol. The molecule has 0 bridgehead atoms. The first-order valence-electron chi connectivity index (χ1n) is 31.6. The summed E-state index contributed by atoms with van der Waals surface area (Å²) >= 11 is 0. The Labute approximate surface area is 458 Å². The van der Waals surface area contributed by atoms with Crippen LogP contribution in [0.3, 0.4) is 0 Å². The van der Waals surface area contributed by atoms with Crippen molar-refractivity contribution in [1.29, 1.82) is 0 Å². The summed E-state index contributed by atoms with van der Waals surface area (Å²) in [7, 11) is 0. The number of carbonyl (C=O) groups excluding carboxylic acids is 3. The van der Waals surface area contributed by atoms with Gasteiger partial charge in [0.05, 0.1) is 0 Å². The van der Waals surface area contributed by atoms with Gasteiger partial charge in [0.15, 0.2) is 6.10 Å². The van der Waals surface area contributed by atoms with E-state index >= 15 is 0 Å². The lowest BCUT2D eigenvalue weighted by Crippen LogP contribution is -2.30. The zero-order valence-corrected chi connectivity index (χ0v) is 48.8. The third-order valence-electron chi connectivity index (χ3n) is 13.6. The van der Waals surface area contributed by atoms with E-state index in [2.05, 4.69) is 106 Å². The van der Waals surface area contributed by atoms with Gasteiger partial charge in [0, 0.05) is 19.3 Å². The fraction of sp³-hybridized carbons (Fsp3) is 0.750. The van der Waals surface area contributed by atoms with E-state index in [0.29, 0.717) is 19.3 Å². The Hall–Kier alpha value is -3.41. The molecule has 6 heteroatoms. The number of rotatable bonds is 57. The highest BCUT2D eigenvalue weighted by Gasteiger charge is 2.19. The van der Waals surface area contributed by atoms with E-state index in [0.717, 1.165) is 83.5 Å². The first-order valence-corrected chi connectivity index (χ1v) is 31.6. The van der Waals surface area contributed by atoms with Gasteiger partial charge < -0.3 is 14.2 Å². The molecule has 0 N–H and O–H groups in total. The van der Waals surface area contributed by atoms with E-state index in [1.54, 1.807) is 0 Å². The first-order chi connectivity index (χ1) is 36.5. The Morgan fingerprint density at radius 1 is 0.284 bits per heavy atom. The van der Waals surface area contributed by atoms with Crippen LogP contribution in [-0.2, 0) is 28.6 Å². The Balaban J connectivity index is 4.35. The van der Waals surface area contributed by atoms with Crippen molar-refractivity contribution in [2.45, 2.75) is 316 Å². The molecule has 0 saturated carbocycles. The fourth-order valence-electron chi connectivity index (χ4n) is 8.88. The molecule has 0 heterocycles. The Morgan fingerprint density at radius 2 is 0.541 bits per heavy atom. The highest BCUT2D eigenvalue weighted by atomic mass is 16.6. The molecule has 0 aliphatic heterocycles. The standard InChI is InChI=1S/C68H118O6/c1-4-7-10-13-16-19-22-25-28-30-31-32-33-34-35-36-37-39-40-43-46-49-52-55-58-61-67(70)73-64-65(63-72-66(69)60-57-54-51-48-45-42-27-24-21-18-15-12-9-6-3)74-68(71)62-59-56-53-50-47-44-41-38-29-26-23-20-17-14-11-8-5-2/h8,11,17,20,24,26-27,29-31,41,44,50,53,65H,4-7,9-10,12-16,18-19,21-23,25,28,32-40,42-43,45-49,51-52,54-64H2,1-3H3/b11-8-,20-17-,27-24-,29-26-,31-30-,44-41-,53-50-. The van der Waals surface area contributed by atoms with Gasteiger partial charge in [0.1, 0.15) is 13.2 Å². The average molecular weight is 1030 g/mol. The minimum Gasteiger partial charge on any atom is -0.462 e. The number of hydrogen-bond acceptors (Lipinski definition) is 6. The lowest BCUT2D eigenvalue weighted by molar-refractivity contribution is -0.167. The van der Waals surface area contributed by atoms with E-state index in [4.69, 9.17) is 14.2 Å². The number of allylic oxidation sites excluding steroid dienone is 14. The summed E-state index contributed by atoms with van der Waals surface area (Å²) in [5.41, 5.74) is 0. The first kappa shape index (κ1) is 70.6. The SMILES string of the molecule is CC/C=C\C/C=C\C/C=C\C/C=C\C/C=C\CCCC(=O)OC(COC(=O)CCCCCCC/C=C\CCCCCCC)COC(=O)CCCCCCCCCCCCCCC/C=C\CCCCCCCCCC. The van der Waals surface area contributed by atoms with Crippen molar-refractivity contribution in [3.05, 3.63) is 85.1 Å². The van der Waals surface area contributed by atoms with Gasteiger partial charge in [-0.05, 0) is 109 Å². The van der Waals surface area contributed by atoms with Gasteiger partial charge in [-0.1, -0.05) is 266 Å². The van der Waals surface area contributed by atoms with Gasteiger partial charge in [0.25, 0.3) is 0 Å². The van der Waals surface area contributed by atoms with Crippen molar-refractivity contribution in [1.82, 2.24) is 0 Å². The number of hydrogen-bond donors (Lipinski definition) is 0. The van der Waals surface area contributed by atoms with E-state index < -0.39 is 6.10 Å². The van der Waals surface area contributed by atoms with Crippen molar-refractivity contribution >= 4 is 17.9 Å². The Kier molecular flexibility index (Phi) is 59.3. The second-order valence-electron chi connectivity index (χ2n) is 20.9. The second-order valence-corrected chi connectivity index (χ2v) is 20.9. The molecule has 0 spiro atoms. The summed E-state index contributed by atoms with van der Waals surface area (Å²) in [6, 6.07) is 0. The third-order valence-corrected chi connectivity index (χ3v) is 13.6. The molecule has 1 atom stereocenters. The molecule has 0 aromatic rings. The van der Waals surface area contributed by atoms with Crippen LogP contribution >= 0.6 is 0 Å². The summed E-state index contributed by atoms with van der Waals surface area (Å²) < 4.78 is 16.9. The van der Waals surface area contributed by atoms with E-state index in [-0.39, 0.29) is 37.5 Å². The van der Waals surface area contributed by atoms with Crippen molar-refractivity contribution in [2.75, 3.05) is 13.2 Å². The lowest BCUT2D eigenvalue weighted by atomic mass is 10.0. The van der Waals surface area contributed by atoms with Crippen LogP contribution in [0.4, 0.5) is 0 Å². The van der Waals surface area contributed by atoms with Crippen LogP contribution in [0.5, 0.6) is 0 Å².